The van der Waals surface area contributed by atoms with Gasteiger partial charge >= 0.3 is 0 Å². The van der Waals surface area contributed by atoms with Gasteiger partial charge in [-0.15, -0.1) is 0 Å². The van der Waals surface area contributed by atoms with Gasteiger partial charge in [-0.1, -0.05) is 12.1 Å². The van der Waals surface area contributed by atoms with Gasteiger partial charge in [0.1, 0.15) is 12.4 Å². The van der Waals surface area contributed by atoms with Crippen molar-refractivity contribution in [1.29, 1.82) is 0 Å². The van der Waals surface area contributed by atoms with Crippen molar-refractivity contribution in [2.75, 3.05) is 39.5 Å². The minimum atomic E-state index is 0.0705. The van der Waals surface area contributed by atoms with Gasteiger partial charge in [-0.25, -0.2) is 0 Å². The molecule has 1 aromatic rings. The molecule has 0 unspecified atom stereocenters. The average molecular weight is 264 g/mol. The SMILES string of the molecule is Cc1cc([C@@H](C)N)ccc1OCCN1CCOCC1. The van der Waals surface area contributed by atoms with Crippen LogP contribution in [0.2, 0.25) is 0 Å². The van der Waals surface area contributed by atoms with E-state index in [1.165, 1.54) is 0 Å². The second-order valence-electron chi connectivity index (χ2n) is 5.12. The third kappa shape index (κ3) is 4.20. The Morgan fingerprint density at radius 2 is 2.11 bits per heavy atom. The first-order valence-electron chi connectivity index (χ1n) is 6.96. The van der Waals surface area contributed by atoms with Crippen LogP contribution in [0.25, 0.3) is 0 Å². The van der Waals surface area contributed by atoms with Crippen LogP contribution in [0, 0.1) is 6.92 Å². The van der Waals surface area contributed by atoms with Gasteiger partial charge in [-0.3, -0.25) is 4.90 Å². The van der Waals surface area contributed by atoms with E-state index in [0.29, 0.717) is 0 Å². The third-order valence-corrected chi connectivity index (χ3v) is 3.49. The first kappa shape index (κ1) is 14.3. The molecule has 4 nitrogen and oxygen atoms in total. The van der Waals surface area contributed by atoms with Crippen molar-refractivity contribution >= 4 is 0 Å². The van der Waals surface area contributed by atoms with Crippen LogP contribution >= 0.6 is 0 Å². The molecule has 1 saturated heterocycles. The van der Waals surface area contributed by atoms with E-state index in [0.717, 1.165) is 56.3 Å². The summed E-state index contributed by atoms with van der Waals surface area (Å²) >= 11 is 0. The highest BCUT2D eigenvalue weighted by Gasteiger charge is 2.10. The lowest BCUT2D eigenvalue weighted by Crippen LogP contribution is -2.38. The smallest absolute Gasteiger partial charge is 0.122 e. The quantitative estimate of drug-likeness (QED) is 0.880. The lowest BCUT2D eigenvalue weighted by atomic mass is 10.1. The summed E-state index contributed by atoms with van der Waals surface area (Å²) < 4.78 is 11.2. The minimum Gasteiger partial charge on any atom is -0.492 e. The zero-order chi connectivity index (χ0) is 13.7. The fourth-order valence-electron chi connectivity index (χ4n) is 2.23. The predicted octanol–water partition coefficient (Wildman–Crippen LogP) is 1.73. The maximum absolute atomic E-state index is 5.87. The monoisotopic (exact) mass is 264 g/mol. The Kier molecular flexibility index (Phi) is 5.19. The summed E-state index contributed by atoms with van der Waals surface area (Å²) in [6.45, 7) is 9.42. The molecule has 0 bridgehead atoms. The second kappa shape index (κ2) is 6.89. The molecule has 1 atom stereocenters. The lowest BCUT2D eigenvalue weighted by molar-refractivity contribution is 0.0322. The van der Waals surface area contributed by atoms with E-state index in [2.05, 4.69) is 17.9 Å². The molecule has 2 rings (SSSR count). The van der Waals surface area contributed by atoms with E-state index in [1.807, 2.05) is 19.1 Å². The molecule has 1 fully saturated rings. The van der Waals surface area contributed by atoms with E-state index < -0.39 is 0 Å². The van der Waals surface area contributed by atoms with Crippen LogP contribution in [0.4, 0.5) is 0 Å². The Hall–Kier alpha value is -1.10. The summed E-state index contributed by atoms with van der Waals surface area (Å²) in [5.74, 6) is 0.956. The summed E-state index contributed by atoms with van der Waals surface area (Å²) in [4.78, 5) is 2.37. The van der Waals surface area contributed by atoms with Crippen molar-refractivity contribution in [2.45, 2.75) is 19.9 Å². The Balaban J connectivity index is 1.82. The molecule has 1 aliphatic rings. The normalized spacial score (nSPS) is 18.3. The Morgan fingerprint density at radius 3 is 2.74 bits per heavy atom. The van der Waals surface area contributed by atoms with Gasteiger partial charge in [0.2, 0.25) is 0 Å². The van der Waals surface area contributed by atoms with Crippen LogP contribution in [0.1, 0.15) is 24.1 Å². The molecule has 0 saturated carbocycles. The van der Waals surface area contributed by atoms with Crippen molar-refractivity contribution in [3.63, 3.8) is 0 Å². The highest BCUT2D eigenvalue weighted by atomic mass is 16.5. The molecule has 1 aromatic carbocycles. The number of ether oxygens (including phenoxy) is 2. The Bertz CT molecular complexity index is 401. The number of nitrogens with two attached hydrogens (primary N) is 1. The number of nitrogens with zero attached hydrogens (tertiary/aromatic N) is 1. The fourth-order valence-corrected chi connectivity index (χ4v) is 2.23. The number of rotatable bonds is 5. The topological polar surface area (TPSA) is 47.7 Å². The van der Waals surface area contributed by atoms with E-state index in [4.69, 9.17) is 15.2 Å². The molecule has 0 radical (unpaired) electrons. The molecule has 0 amide bonds. The number of morpholine rings is 1. The molecule has 106 valence electrons. The van der Waals surface area contributed by atoms with Crippen LogP contribution in [-0.2, 0) is 4.74 Å². The molecule has 1 heterocycles. The van der Waals surface area contributed by atoms with Crippen molar-refractivity contribution < 1.29 is 9.47 Å². The highest BCUT2D eigenvalue weighted by molar-refractivity contribution is 5.37. The van der Waals surface area contributed by atoms with Gasteiger partial charge in [0, 0.05) is 25.7 Å². The van der Waals surface area contributed by atoms with E-state index in [-0.39, 0.29) is 6.04 Å². The maximum Gasteiger partial charge on any atom is 0.122 e. The first-order chi connectivity index (χ1) is 9.16. The van der Waals surface area contributed by atoms with Gasteiger partial charge in [-0.05, 0) is 31.0 Å². The number of hydrogen-bond acceptors (Lipinski definition) is 4. The largest absolute Gasteiger partial charge is 0.492 e. The molecule has 0 aliphatic carbocycles. The molecule has 0 spiro atoms. The summed E-state index contributed by atoms with van der Waals surface area (Å²) in [5, 5.41) is 0. The minimum absolute atomic E-state index is 0.0705. The summed E-state index contributed by atoms with van der Waals surface area (Å²) in [7, 11) is 0. The van der Waals surface area contributed by atoms with Crippen molar-refractivity contribution in [1.82, 2.24) is 4.90 Å². The number of hydrogen-bond donors (Lipinski definition) is 1. The summed E-state index contributed by atoms with van der Waals surface area (Å²) in [6.07, 6.45) is 0. The zero-order valence-electron chi connectivity index (χ0n) is 11.9. The zero-order valence-corrected chi connectivity index (χ0v) is 11.9. The molecule has 2 N–H and O–H groups in total. The maximum atomic E-state index is 5.87. The predicted molar refractivity (Wildman–Crippen MR) is 76.5 cm³/mol. The lowest BCUT2D eigenvalue weighted by Gasteiger charge is -2.26. The standard InChI is InChI=1S/C15H24N2O2/c1-12-11-14(13(2)16)3-4-15(12)19-10-7-17-5-8-18-9-6-17/h3-4,11,13H,5-10,16H2,1-2H3/t13-/m1/s1. The van der Waals surface area contributed by atoms with Crippen molar-refractivity contribution in [3.05, 3.63) is 29.3 Å². The van der Waals surface area contributed by atoms with Crippen LogP contribution in [0.3, 0.4) is 0 Å². The Labute approximate surface area is 115 Å². The summed E-state index contributed by atoms with van der Waals surface area (Å²) in [5.41, 5.74) is 8.17. The Morgan fingerprint density at radius 1 is 1.37 bits per heavy atom. The molecule has 19 heavy (non-hydrogen) atoms. The van der Waals surface area contributed by atoms with Gasteiger partial charge in [0.15, 0.2) is 0 Å². The van der Waals surface area contributed by atoms with Gasteiger partial charge in [-0.2, -0.15) is 0 Å². The van der Waals surface area contributed by atoms with E-state index >= 15 is 0 Å². The number of aryl methyl sites for hydroxylation is 1. The van der Waals surface area contributed by atoms with Gasteiger partial charge in [0.25, 0.3) is 0 Å². The molecular weight excluding hydrogens is 240 g/mol. The fraction of sp³-hybridized carbons (Fsp3) is 0.600. The van der Waals surface area contributed by atoms with Crippen LogP contribution < -0.4 is 10.5 Å². The van der Waals surface area contributed by atoms with Gasteiger partial charge in [0.05, 0.1) is 13.2 Å². The molecule has 0 aromatic heterocycles. The second-order valence-corrected chi connectivity index (χ2v) is 5.12. The van der Waals surface area contributed by atoms with Crippen LogP contribution in [-0.4, -0.2) is 44.4 Å². The van der Waals surface area contributed by atoms with Crippen molar-refractivity contribution in [2.24, 2.45) is 5.73 Å². The van der Waals surface area contributed by atoms with E-state index in [9.17, 15) is 0 Å². The molecular formula is C15H24N2O2. The van der Waals surface area contributed by atoms with Gasteiger partial charge < -0.3 is 15.2 Å². The van der Waals surface area contributed by atoms with Crippen LogP contribution in [0.15, 0.2) is 18.2 Å². The van der Waals surface area contributed by atoms with Crippen LogP contribution in [0.5, 0.6) is 5.75 Å². The van der Waals surface area contributed by atoms with E-state index in [1.54, 1.807) is 0 Å². The molecule has 4 heteroatoms. The number of benzene rings is 1. The molecule has 1 aliphatic heterocycles. The third-order valence-electron chi connectivity index (χ3n) is 3.49. The highest BCUT2D eigenvalue weighted by Crippen LogP contribution is 2.21. The van der Waals surface area contributed by atoms with Crippen molar-refractivity contribution in [3.8, 4) is 5.75 Å². The first-order valence-corrected chi connectivity index (χ1v) is 6.96. The summed E-state index contributed by atoms with van der Waals surface area (Å²) in [6, 6.07) is 6.24. The average Bonchev–Trinajstić information content (AvgIpc) is 2.41.